The maximum atomic E-state index is 2.58. The van der Waals surface area contributed by atoms with Gasteiger partial charge in [-0.2, -0.15) is 0 Å². The number of fused-ring (bicyclic) bond motifs is 13. The molecule has 0 unspecified atom stereocenters. The lowest BCUT2D eigenvalue weighted by Crippen LogP contribution is -2.40. The number of aryl methyl sites for hydroxylation is 1. The SMILES string of the molecule is CC1(C)c2ccccc2-c2ccc(N(C3=Cc4ccccc4CC3)c3ccc4c(c3)C3(c5ccccc5-4)c4ccccc4C(C)(C)c4ccccc43)cc21. The highest BCUT2D eigenvalue weighted by Gasteiger charge is 2.53. The van der Waals surface area contributed by atoms with Crippen LogP contribution in [-0.2, 0) is 22.7 Å². The molecule has 0 N–H and O–H groups in total. The van der Waals surface area contributed by atoms with E-state index in [4.69, 9.17) is 0 Å². The molecular weight excluding hydrogens is 651 g/mol. The fraction of sp³-hybridized carbons (Fsp3) is 0.170. The first kappa shape index (κ1) is 31.6. The smallest absolute Gasteiger partial charge is 0.0720 e. The zero-order chi connectivity index (χ0) is 36.4. The third kappa shape index (κ3) is 4.05. The average molecular weight is 694 g/mol. The van der Waals surface area contributed by atoms with Crippen LogP contribution in [0.3, 0.4) is 0 Å². The van der Waals surface area contributed by atoms with E-state index in [0.717, 1.165) is 12.8 Å². The predicted octanol–water partition coefficient (Wildman–Crippen LogP) is 13.1. The molecule has 0 radical (unpaired) electrons. The summed E-state index contributed by atoms with van der Waals surface area (Å²) >= 11 is 0. The summed E-state index contributed by atoms with van der Waals surface area (Å²) in [5, 5.41) is 0. The van der Waals surface area contributed by atoms with Gasteiger partial charge in [-0.05, 0) is 121 Å². The van der Waals surface area contributed by atoms with E-state index >= 15 is 0 Å². The summed E-state index contributed by atoms with van der Waals surface area (Å²) in [7, 11) is 0. The van der Waals surface area contributed by atoms with E-state index in [1.54, 1.807) is 0 Å². The maximum absolute atomic E-state index is 2.58. The second kappa shape index (κ2) is 11.1. The summed E-state index contributed by atoms with van der Waals surface area (Å²) in [5.74, 6) is 0. The molecule has 0 fully saturated rings. The van der Waals surface area contributed by atoms with Gasteiger partial charge >= 0.3 is 0 Å². The van der Waals surface area contributed by atoms with Crippen molar-refractivity contribution in [1.82, 2.24) is 0 Å². The molecule has 7 aromatic rings. The lowest BCUT2D eigenvalue weighted by Gasteiger charge is -2.46. The molecule has 4 aliphatic carbocycles. The quantitative estimate of drug-likeness (QED) is 0.178. The van der Waals surface area contributed by atoms with E-state index in [-0.39, 0.29) is 10.8 Å². The number of benzene rings is 7. The van der Waals surface area contributed by atoms with Crippen molar-refractivity contribution in [2.75, 3.05) is 4.90 Å². The van der Waals surface area contributed by atoms with Crippen molar-refractivity contribution in [1.29, 1.82) is 0 Å². The van der Waals surface area contributed by atoms with Gasteiger partial charge in [-0.25, -0.2) is 0 Å². The normalized spacial score (nSPS) is 16.9. The highest BCUT2D eigenvalue weighted by atomic mass is 15.1. The number of nitrogens with zero attached hydrogens (tertiary/aromatic N) is 1. The van der Waals surface area contributed by atoms with Gasteiger partial charge in [-0.1, -0.05) is 161 Å². The van der Waals surface area contributed by atoms with E-state index in [1.165, 1.54) is 95.0 Å². The Hall–Kier alpha value is -5.92. The standard InChI is InChI=1S/C53H43N/c1-51(2)43-19-9-7-17-39(43)41-29-27-37(32-49(41)51)54(36-26-25-34-15-5-6-16-35(34)31-36)38-28-30-42-40-18-8-10-20-44(40)53(50(42)33-38)47-23-13-11-21-45(47)52(3,4)46-22-12-14-24-48(46)53/h5-24,27-33H,25-26H2,1-4H3. The van der Waals surface area contributed by atoms with Gasteiger partial charge in [-0.3, -0.25) is 0 Å². The van der Waals surface area contributed by atoms with E-state index in [1.807, 2.05) is 0 Å². The molecule has 0 saturated heterocycles. The Morgan fingerprint density at radius 3 is 1.52 bits per heavy atom. The Morgan fingerprint density at radius 2 is 0.852 bits per heavy atom. The molecule has 0 amide bonds. The Labute approximate surface area is 319 Å². The summed E-state index contributed by atoms with van der Waals surface area (Å²) in [6, 6.07) is 60.1. The first-order chi connectivity index (χ1) is 26.3. The van der Waals surface area contributed by atoms with Gasteiger partial charge in [0.15, 0.2) is 0 Å². The Morgan fingerprint density at radius 1 is 0.389 bits per heavy atom. The number of hydrogen-bond donors (Lipinski definition) is 0. The summed E-state index contributed by atoms with van der Waals surface area (Å²) in [5.41, 5.74) is 22.3. The summed E-state index contributed by atoms with van der Waals surface area (Å²) in [4.78, 5) is 2.58. The second-order valence-electron chi connectivity index (χ2n) is 16.8. The van der Waals surface area contributed by atoms with Crippen molar-refractivity contribution < 1.29 is 0 Å². The van der Waals surface area contributed by atoms with Crippen molar-refractivity contribution in [3.63, 3.8) is 0 Å². The Kier molecular flexibility index (Phi) is 6.47. The molecule has 260 valence electrons. The number of rotatable bonds is 3. The maximum Gasteiger partial charge on any atom is 0.0720 e. The minimum atomic E-state index is -0.439. The third-order valence-corrected chi connectivity index (χ3v) is 13.4. The van der Waals surface area contributed by atoms with E-state index < -0.39 is 5.41 Å². The van der Waals surface area contributed by atoms with Crippen molar-refractivity contribution in [3.05, 3.63) is 219 Å². The molecule has 1 spiro atoms. The summed E-state index contributed by atoms with van der Waals surface area (Å²) in [6.07, 6.45) is 4.44. The molecule has 11 rings (SSSR count). The molecule has 1 nitrogen and oxygen atoms in total. The molecular formula is C53H43N. The Bertz CT molecular complexity index is 2690. The van der Waals surface area contributed by atoms with Crippen molar-refractivity contribution in [2.24, 2.45) is 0 Å². The molecule has 0 aromatic heterocycles. The molecule has 4 aliphatic rings. The van der Waals surface area contributed by atoms with Crippen LogP contribution in [-0.4, -0.2) is 0 Å². The topological polar surface area (TPSA) is 3.24 Å². The first-order valence-electron chi connectivity index (χ1n) is 19.6. The zero-order valence-corrected chi connectivity index (χ0v) is 31.4. The minimum Gasteiger partial charge on any atom is -0.314 e. The van der Waals surface area contributed by atoms with Gasteiger partial charge in [0.2, 0.25) is 0 Å². The number of hydrogen-bond acceptors (Lipinski definition) is 1. The van der Waals surface area contributed by atoms with E-state index in [0.29, 0.717) is 0 Å². The largest absolute Gasteiger partial charge is 0.314 e. The van der Waals surface area contributed by atoms with Gasteiger partial charge in [0.25, 0.3) is 0 Å². The third-order valence-electron chi connectivity index (χ3n) is 13.4. The van der Waals surface area contributed by atoms with Gasteiger partial charge in [0.05, 0.1) is 5.41 Å². The fourth-order valence-corrected chi connectivity index (χ4v) is 10.9. The van der Waals surface area contributed by atoms with Crippen molar-refractivity contribution in [3.8, 4) is 22.3 Å². The van der Waals surface area contributed by atoms with Crippen LogP contribution in [0.4, 0.5) is 11.4 Å². The molecule has 7 aromatic carbocycles. The highest BCUT2D eigenvalue weighted by molar-refractivity contribution is 5.91. The monoisotopic (exact) mass is 693 g/mol. The molecule has 0 aliphatic heterocycles. The highest BCUT2D eigenvalue weighted by Crippen LogP contribution is 2.63. The van der Waals surface area contributed by atoms with E-state index in [2.05, 4.69) is 196 Å². The second-order valence-corrected chi connectivity index (χ2v) is 16.8. The van der Waals surface area contributed by atoms with Crippen LogP contribution in [0.2, 0.25) is 0 Å². The van der Waals surface area contributed by atoms with Crippen LogP contribution < -0.4 is 4.90 Å². The van der Waals surface area contributed by atoms with Gasteiger partial charge in [-0.15, -0.1) is 0 Å². The van der Waals surface area contributed by atoms with Crippen LogP contribution in [0.15, 0.2) is 163 Å². The lowest BCUT2D eigenvalue weighted by atomic mass is 9.55. The Balaban J connectivity index is 1.19. The van der Waals surface area contributed by atoms with Crippen LogP contribution in [0.5, 0.6) is 0 Å². The van der Waals surface area contributed by atoms with Crippen LogP contribution in [0, 0.1) is 0 Å². The number of allylic oxidation sites excluding steroid dienone is 1. The van der Waals surface area contributed by atoms with Gasteiger partial charge in [0, 0.05) is 27.9 Å². The van der Waals surface area contributed by atoms with Crippen molar-refractivity contribution in [2.45, 2.75) is 56.8 Å². The average Bonchev–Trinajstić information content (AvgIpc) is 3.63. The molecule has 0 atom stereocenters. The van der Waals surface area contributed by atoms with Crippen LogP contribution in [0.1, 0.15) is 89.8 Å². The van der Waals surface area contributed by atoms with Crippen LogP contribution >= 0.6 is 0 Å². The summed E-state index contributed by atoms with van der Waals surface area (Å²) < 4.78 is 0. The number of anilines is 2. The van der Waals surface area contributed by atoms with Crippen LogP contribution in [0.25, 0.3) is 28.3 Å². The van der Waals surface area contributed by atoms with Crippen molar-refractivity contribution >= 4 is 17.5 Å². The molecule has 0 heterocycles. The van der Waals surface area contributed by atoms with Gasteiger partial charge < -0.3 is 4.90 Å². The first-order valence-corrected chi connectivity index (χ1v) is 19.6. The molecule has 54 heavy (non-hydrogen) atoms. The van der Waals surface area contributed by atoms with E-state index in [9.17, 15) is 0 Å². The molecule has 1 heteroatoms. The minimum absolute atomic E-state index is 0.0902. The fourth-order valence-electron chi connectivity index (χ4n) is 10.9. The molecule has 0 bridgehead atoms. The predicted molar refractivity (Wildman–Crippen MR) is 225 cm³/mol. The lowest BCUT2D eigenvalue weighted by molar-refractivity contribution is 0.563. The van der Waals surface area contributed by atoms with Gasteiger partial charge in [0.1, 0.15) is 0 Å². The zero-order valence-electron chi connectivity index (χ0n) is 31.4. The molecule has 0 saturated carbocycles. The summed E-state index contributed by atoms with van der Waals surface area (Å²) in [6.45, 7) is 9.58.